The third kappa shape index (κ3) is 1.88. The van der Waals surface area contributed by atoms with E-state index in [0.717, 1.165) is 15.8 Å². The van der Waals surface area contributed by atoms with Gasteiger partial charge in [0, 0.05) is 4.47 Å². The first-order chi connectivity index (χ1) is 5.15. The summed E-state index contributed by atoms with van der Waals surface area (Å²) in [4.78, 5) is 0. The van der Waals surface area contributed by atoms with Gasteiger partial charge in [0.1, 0.15) is 5.75 Å². The SMILES string of the molecule is COc1cc(C)c(Br)c(Cl)c1. The summed E-state index contributed by atoms with van der Waals surface area (Å²) >= 11 is 9.23. The van der Waals surface area contributed by atoms with Gasteiger partial charge >= 0.3 is 0 Å². The lowest BCUT2D eigenvalue weighted by Gasteiger charge is -2.04. The predicted molar refractivity (Wildman–Crippen MR) is 50.4 cm³/mol. The smallest absolute Gasteiger partial charge is 0.120 e. The molecule has 1 aromatic carbocycles. The number of ether oxygens (including phenoxy) is 1. The normalized spacial score (nSPS) is 9.82. The minimum Gasteiger partial charge on any atom is -0.497 e. The molecule has 0 amide bonds. The molecule has 0 N–H and O–H groups in total. The van der Waals surface area contributed by atoms with Gasteiger partial charge in [0.15, 0.2) is 0 Å². The summed E-state index contributed by atoms with van der Waals surface area (Å²) < 4.78 is 5.96. The maximum absolute atomic E-state index is 5.87. The van der Waals surface area contributed by atoms with Crippen molar-refractivity contribution in [3.63, 3.8) is 0 Å². The van der Waals surface area contributed by atoms with Crippen molar-refractivity contribution in [2.45, 2.75) is 6.92 Å². The van der Waals surface area contributed by atoms with Crippen LogP contribution in [0, 0.1) is 6.92 Å². The van der Waals surface area contributed by atoms with Gasteiger partial charge in [-0.15, -0.1) is 0 Å². The Bertz CT molecular complexity index is 250. The molecule has 11 heavy (non-hydrogen) atoms. The topological polar surface area (TPSA) is 9.23 Å². The van der Waals surface area contributed by atoms with Crippen molar-refractivity contribution in [2.75, 3.05) is 7.11 Å². The number of aryl methyl sites for hydroxylation is 1. The largest absolute Gasteiger partial charge is 0.497 e. The zero-order valence-electron chi connectivity index (χ0n) is 6.32. The van der Waals surface area contributed by atoms with Crippen molar-refractivity contribution in [1.29, 1.82) is 0 Å². The number of methoxy groups -OCH3 is 1. The van der Waals surface area contributed by atoms with Crippen molar-refractivity contribution < 1.29 is 4.74 Å². The molecule has 0 heterocycles. The number of hydrogen-bond donors (Lipinski definition) is 0. The Balaban J connectivity index is 3.21. The fourth-order valence-electron chi connectivity index (χ4n) is 0.813. The van der Waals surface area contributed by atoms with E-state index < -0.39 is 0 Å². The first kappa shape index (κ1) is 8.88. The van der Waals surface area contributed by atoms with Crippen LogP contribution in [-0.4, -0.2) is 7.11 Å². The van der Waals surface area contributed by atoms with E-state index >= 15 is 0 Å². The quantitative estimate of drug-likeness (QED) is 0.725. The molecule has 1 nitrogen and oxygen atoms in total. The second-order valence-electron chi connectivity index (χ2n) is 2.24. The molecule has 0 aromatic heterocycles. The summed E-state index contributed by atoms with van der Waals surface area (Å²) in [5.74, 6) is 0.788. The highest BCUT2D eigenvalue weighted by atomic mass is 79.9. The summed E-state index contributed by atoms with van der Waals surface area (Å²) in [6.07, 6.45) is 0. The van der Waals surface area contributed by atoms with Crippen molar-refractivity contribution in [3.05, 3.63) is 27.2 Å². The summed E-state index contributed by atoms with van der Waals surface area (Å²) in [5.41, 5.74) is 1.08. The molecular formula is C8H8BrClO. The van der Waals surface area contributed by atoms with Crippen LogP contribution in [-0.2, 0) is 0 Å². The number of hydrogen-bond acceptors (Lipinski definition) is 1. The van der Waals surface area contributed by atoms with Crippen LogP contribution in [0.1, 0.15) is 5.56 Å². The van der Waals surface area contributed by atoms with E-state index in [9.17, 15) is 0 Å². The monoisotopic (exact) mass is 234 g/mol. The molecule has 60 valence electrons. The molecule has 3 heteroatoms. The van der Waals surface area contributed by atoms with E-state index in [2.05, 4.69) is 15.9 Å². The summed E-state index contributed by atoms with van der Waals surface area (Å²) in [7, 11) is 1.62. The van der Waals surface area contributed by atoms with Crippen LogP contribution < -0.4 is 4.74 Å². The molecule has 0 aliphatic heterocycles. The Morgan fingerprint density at radius 1 is 1.45 bits per heavy atom. The summed E-state index contributed by atoms with van der Waals surface area (Å²) in [5, 5.41) is 0.682. The Labute approximate surface area is 79.4 Å². The van der Waals surface area contributed by atoms with E-state index in [1.807, 2.05) is 13.0 Å². The van der Waals surface area contributed by atoms with Crippen molar-refractivity contribution in [3.8, 4) is 5.75 Å². The molecule has 0 aliphatic carbocycles. The highest BCUT2D eigenvalue weighted by Crippen LogP contribution is 2.30. The Morgan fingerprint density at radius 3 is 2.55 bits per heavy atom. The van der Waals surface area contributed by atoms with Gasteiger partial charge in [0.25, 0.3) is 0 Å². The molecule has 0 atom stereocenters. The molecule has 1 aromatic rings. The van der Waals surface area contributed by atoms with Gasteiger partial charge < -0.3 is 4.74 Å². The van der Waals surface area contributed by atoms with E-state index in [1.54, 1.807) is 13.2 Å². The molecule has 0 unspecified atom stereocenters. The molecule has 0 aliphatic rings. The lowest BCUT2D eigenvalue weighted by molar-refractivity contribution is 0.414. The van der Waals surface area contributed by atoms with Crippen molar-refractivity contribution in [1.82, 2.24) is 0 Å². The Morgan fingerprint density at radius 2 is 2.09 bits per heavy atom. The van der Waals surface area contributed by atoms with Crippen LogP contribution in [0.3, 0.4) is 0 Å². The molecule has 0 fully saturated rings. The minimum absolute atomic E-state index is 0.682. The zero-order chi connectivity index (χ0) is 8.43. The fraction of sp³-hybridized carbons (Fsp3) is 0.250. The van der Waals surface area contributed by atoms with Gasteiger partial charge in [-0.3, -0.25) is 0 Å². The molecule has 0 radical (unpaired) electrons. The van der Waals surface area contributed by atoms with Crippen LogP contribution in [0.25, 0.3) is 0 Å². The van der Waals surface area contributed by atoms with Crippen LogP contribution in [0.15, 0.2) is 16.6 Å². The maximum atomic E-state index is 5.87. The fourth-order valence-corrected chi connectivity index (χ4v) is 1.30. The van der Waals surface area contributed by atoms with Gasteiger partial charge in [0.05, 0.1) is 12.1 Å². The van der Waals surface area contributed by atoms with Gasteiger partial charge in [0.2, 0.25) is 0 Å². The van der Waals surface area contributed by atoms with Crippen LogP contribution >= 0.6 is 27.5 Å². The molecule has 0 saturated heterocycles. The number of benzene rings is 1. The van der Waals surface area contributed by atoms with Gasteiger partial charge in [-0.1, -0.05) is 11.6 Å². The van der Waals surface area contributed by atoms with E-state index in [0.29, 0.717) is 5.02 Å². The highest BCUT2D eigenvalue weighted by molar-refractivity contribution is 9.10. The molecular weight excluding hydrogens is 227 g/mol. The van der Waals surface area contributed by atoms with Gasteiger partial charge in [-0.2, -0.15) is 0 Å². The Kier molecular flexibility index (Phi) is 2.79. The van der Waals surface area contributed by atoms with Crippen LogP contribution in [0.5, 0.6) is 5.75 Å². The molecule has 0 saturated carbocycles. The minimum atomic E-state index is 0.682. The standard InChI is InChI=1S/C8H8BrClO/c1-5-3-6(11-2)4-7(10)8(5)9/h3-4H,1-2H3. The Hall–Kier alpha value is -0.210. The summed E-state index contributed by atoms with van der Waals surface area (Å²) in [6, 6.07) is 3.70. The number of rotatable bonds is 1. The molecule has 0 spiro atoms. The zero-order valence-corrected chi connectivity index (χ0v) is 8.66. The average molecular weight is 236 g/mol. The maximum Gasteiger partial charge on any atom is 0.120 e. The highest BCUT2D eigenvalue weighted by Gasteiger charge is 2.02. The third-order valence-electron chi connectivity index (χ3n) is 1.42. The van der Waals surface area contributed by atoms with E-state index in [4.69, 9.17) is 16.3 Å². The average Bonchev–Trinajstić information content (AvgIpc) is 1.99. The molecule has 1 rings (SSSR count). The second-order valence-corrected chi connectivity index (χ2v) is 3.44. The third-order valence-corrected chi connectivity index (χ3v) is 3.00. The first-order valence-corrected chi connectivity index (χ1v) is 4.32. The predicted octanol–water partition coefficient (Wildman–Crippen LogP) is 3.42. The van der Waals surface area contributed by atoms with E-state index in [1.165, 1.54) is 0 Å². The lowest BCUT2D eigenvalue weighted by Crippen LogP contribution is -1.85. The lowest BCUT2D eigenvalue weighted by atomic mass is 10.2. The number of halogens is 2. The van der Waals surface area contributed by atoms with Crippen LogP contribution in [0.4, 0.5) is 0 Å². The van der Waals surface area contributed by atoms with Crippen molar-refractivity contribution in [2.24, 2.45) is 0 Å². The summed E-state index contributed by atoms with van der Waals surface area (Å²) in [6.45, 7) is 1.97. The van der Waals surface area contributed by atoms with E-state index in [-0.39, 0.29) is 0 Å². The van der Waals surface area contributed by atoms with Gasteiger partial charge in [-0.25, -0.2) is 0 Å². The van der Waals surface area contributed by atoms with Crippen molar-refractivity contribution >= 4 is 27.5 Å². The van der Waals surface area contributed by atoms with Crippen LogP contribution in [0.2, 0.25) is 5.02 Å². The molecule has 0 bridgehead atoms. The first-order valence-electron chi connectivity index (χ1n) is 3.15. The second kappa shape index (κ2) is 3.46. The van der Waals surface area contributed by atoms with Gasteiger partial charge in [-0.05, 0) is 40.5 Å².